The lowest BCUT2D eigenvalue weighted by atomic mass is 9.94. The highest BCUT2D eigenvalue weighted by Gasteiger charge is 2.32. The van der Waals surface area contributed by atoms with Gasteiger partial charge in [0.2, 0.25) is 23.6 Å². The average molecular weight is 592 g/mol. The van der Waals surface area contributed by atoms with Crippen molar-refractivity contribution in [3.05, 3.63) is 64.1 Å². The van der Waals surface area contributed by atoms with Gasteiger partial charge >= 0.3 is 5.76 Å². The van der Waals surface area contributed by atoms with Gasteiger partial charge in [0, 0.05) is 26.6 Å². The van der Waals surface area contributed by atoms with E-state index in [1.54, 1.807) is 29.2 Å². The molecule has 43 heavy (non-hydrogen) atoms. The van der Waals surface area contributed by atoms with E-state index in [0.29, 0.717) is 36.5 Å². The van der Waals surface area contributed by atoms with Gasteiger partial charge in [-0.3, -0.25) is 23.7 Å². The van der Waals surface area contributed by atoms with E-state index in [0.717, 1.165) is 30.4 Å². The van der Waals surface area contributed by atoms with Crippen molar-refractivity contribution >= 4 is 34.7 Å². The molecule has 1 fully saturated rings. The van der Waals surface area contributed by atoms with Gasteiger partial charge in [0.25, 0.3) is 0 Å². The molecule has 0 saturated carbocycles. The average Bonchev–Trinajstić information content (AvgIpc) is 3.30. The maximum atomic E-state index is 13.6. The molecule has 2 aliphatic rings. The molecule has 12 heteroatoms. The summed E-state index contributed by atoms with van der Waals surface area (Å²) in [4.78, 5) is 67.0. The van der Waals surface area contributed by atoms with E-state index in [9.17, 15) is 24.0 Å². The lowest BCUT2D eigenvalue weighted by Crippen LogP contribution is -2.56. The zero-order chi connectivity index (χ0) is 30.5. The summed E-state index contributed by atoms with van der Waals surface area (Å²) in [7, 11) is 0. The Balaban J connectivity index is 1.47. The number of nitrogens with zero attached hydrogens (tertiary/aromatic N) is 2. The highest BCUT2D eigenvalue weighted by Crippen LogP contribution is 2.23. The van der Waals surface area contributed by atoms with Crippen molar-refractivity contribution in [2.45, 2.75) is 64.7 Å². The zero-order valence-corrected chi connectivity index (χ0v) is 24.4. The number of aryl methyl sites for hydroxylation is 1. The van der Waals surface area contributed by atoms with Crippen LogP contribution in [0.5, 0.6) is 5.75 Å². The SMILES string of the molecule is CC(=O)N[C@H]1CC(=O)N2CCCC(CCOc3ccc(C)c(c3)CNC(=O)C(Cn3c(=O)oc4ccccc43)NC1=O)C2. The molecule has 4 amide bonds. The normalized spacial score (nSPS) is 22.1. The molecule has 3 atom stereocenters. The Morgan fingerprint density at radius 3 is 2.70 bits per heavy atom. The van der Waals surface area contributed by atoms with Crippen LogP contribution in [0.15, 0.2) is 51.7 Å². The van der Waals surface area contributed by atoms with E-state index in [4.69, 9.17) is 9.15 Å². The third-order valence-electron chi connectivity index (χ3n) is 8.08. The van der Waals surface area contributed by atoms with E-state index < -0.39 is 35.6 Å². The second kappa shape index (κ2) is 13.1. The van der Waals surface area contributed by atoms with Crippen LogP contribution in [0, 0.1) is 12.8 Å². The second-order valence-corrected chi connectivity index (χ2v) is 11.3. The Bertz CT molecular complexity index is 1580. The van der Waals surface area contributed by atoms with Crippen molar-refractivity contribution in [2.75, 3.05) is 19.7 Å². The van der Waals surface area contributed by atoms with Crippen LogP contribution >= 0.6 is 0 Å². The number of hydrogen-bond acceptors (Lipinski definition) is 7. The fraction of sp³-hybridized carbons (Fsp3) is 0.452. The van der Waals surface area contributed by atoms with Crippen molar-refractivity contribution < 1.29 is 28.3 Å². The number of hydrogen-bond donors (Lipinski definition) is 3. The topological polar surface area (TPSA) is 152 Å². The van der Waals surface area contributed by atoms with Crippen LogP contribution in [0.2, 0.25) is 0 Å². The Labute approximate surface area is 248 Å². The largest absolute Gasteiger partial charge is 0.494 e. The van der Waals surface area contributed by atoms with Crippen molar-refractivity contribution in [1.82, 2.24) is 25.4 Å². The minimum absolute atomic E-state index is 0.153. The fourth-order valence-corrected chi connectivity index (χ4v) is 5.70. The van der Waals surface area contributed by atoms with Gasteiger partial charge in [-0.05, 0) is 67.5 Å². The maximum absolute atomic E-state index is 13.6. The molecule has 3 N–H and O–H groups in total. The molecule has 0 aliphatic carbocycles. The summed E-state index contributed by atoms with van der Waals surface area (Å²) >= 11 is 0. The predicted octanol–water partition coefficient (Wildman–Crippen LogP) is 1.62. The highest BCUT2D eigenvalue weighted by atomic mass is 16.5. The van der Waals surface area contributed by atoms with Gasteiger partial charge < -0.3 is 30.0 Å². The first-order chi connectivity index (χ1) is 20.7. The third kappa shape index (κ3) is 7.25. The molecule has 1 aromatic heterocycles. The van der Waals surface area contributed by atoms with Crippen LogP contribution in [0.1, 0.15) is 43.7 Å². The van der Waals surface area contributed by atoms with Crippen LogP contribution in [0.4, 0.5) is 0 Å². The molecular formula is C31H37N5O7. The Morgan fingerprint density at radius 2 is 1.88 bits per heavy atom. The maximum Gasteiger partial charge on any atom is 0.420 e. The Kier molecular flexibility index (Phi) is 9.13. The summed E-state index contributed by atoms with van der Waals surface area (Å²) in [6.07, 6.45) is 2.31. The number of piperidine rings is 1. The molecule has 12 nitrogen and oxygen atoms in total. The molecule has 0 radical (unpaired) electrons. The number of amides is 4. The van der Waals surface area contributed by atoms with Crippen molar-refractivity contribution in [3.8, 4) is 5.75 Å². The first-order valence-electron chi connectivity index (χ1n) is 14.6. The molecular weight excluding hydrogens is 554 g/mol. The molecule has 228 valence electrons. The van der Waals surface area contributed by atoms with Crippen LogP contribution in [0.25, 0.3) is 11.1 Å². The quantitative estimate of drug-likeness (QED) is 0.419. The molecule has 1 saturated heterocycles. The molecule has 4 bridgehead atoms. The number of benzene rings is 2. The molecule has 0 spiro atoms. The van der Waals surface area contributed by atoms with Crippen LogP contribution < -0.4 is 26.4 Å². The van der Waals surface area contributed by atoms with E-state index in [2.05, 4.69) is 16.0 Å². The van der Waals surface area contributed by atoms with Crippen LogP contribution in [-0.4, -0.2) is 64.9 Å². The monoisotopic (exact) mass is 591 g/mol. The minimum atomic E-state index is -1.23. The number of nitrogens with one attached hydrogen (secondary N) is 3. The van der Waals surface area contributed by atoms with E-state index in [1.165, 1.54) is 11.5 Å². The lowest BCUT2D eigenvalue weighted by Gasteiger charge is -2.34. The third-order valence-corrected chi connectivity index (χ3v) is 8.08. The summed E-state index contributed by atoms with van der Waals surface area (Å²) in [5.41, 5.74) is 2.59. The smallest absolute Gasteiger partial charge is 0.420 e. The fourth-order valence-electron chi connectivity index (χ4n) is 5.70. The number of ether oxygens (including phenoxy) is 1. The summed E-state index contributed by atoms with van der Waals surface area (Å²) in [6.45, 7) is 4.69. The second-order valence-electron chi connectivity index (χ2n) is 11.3. The van der Waals surface area contributed by atoms with Crippen molar-refractivity contribution in [2.24, 2.45) is 5.92 Å². The number of carbonyl (C=O) groups excluding carboxylic acids is 4. The summed E-state index contributed by atoms with van der Waals surface area (Å²) < 4.78 is 12.6. The van der Waals surface area contributed by atoms with Gasteiger partial charge in [-0.1, -0.05) is 18.2 Å². The zero-order valence-electron chi connectivity index (χ0n) is 24.4. The molecule has 5 rings (SSSR count). The van der Waals surface area contributed by atoms with Gasteiger partial charge in [0.05, 0.1) is 25.1 Å². The highest BCUT2D eigenvalue weighted by molar-refractivity contribution is 5.94. The van der Waals surface area contributed by atoms with E-state index in [1.807, 2.05) is 25.1 Å². The molecule has 2 aliphatic heterocycles. The number of rotatable bonds is 3. The van der Waals surface area contributed by atoms with Crippen LogP contribution in [0.3, 0.4) is 0 Å². The van der Waals surface area contributed by atoms with E-state index >= 15 is 0 Å². The molecule has 3 aromatic rings. The van der Waals surface area contributed by atoms with Gasteiger partial charge in [0.1, 0.15) is 17.8 Å². The Hall–Kier alpha value is -4.61. The number of carbonyl (C=O) groups is 4. The number of fused-ring (bicyclic) bond motifs is 5. The standard InChI is InChI=1S/C31H37N5O7/c1-19-9-10-23-14-22(19)16-32-29(39)25(18-36-26-7-3-4-8-27(26)43-31(36)41)34-30(40)24(33-20(2)37)15-28(38)35-12-5-6-21(17-35)11-13-42-23/h3-4,7-10,14,21,24-25H,5-6,11-13,15-18H2,1-2H3,(H,32,39)(H,33,37)(H,34,40)/t21?,24-,25?/m0/s1. The van der Waals surface area contributed by atoms with Crippen molar-refractivity contribution in [1.29, 1.82) is 0 Å². The molecule has 2 unspecified atom stereocenters. The number of aromatic nitrogens is 1. The first-order valence-corrected chi connectivity index (χ1v) is 14.6. The van der Waals surface area contributed by atoms with Gasteiger partial charge in [-0.2, -0.15) is 0 Å². The Morgan fingerprint density at radius 1 is 1.07 bits per heavy atom. The number of oxazole rings is 1. The molecule has 2 aromatic carbocycles. The summed E-state index contributed by atoms with van der Waals surface area (Å²) in [5, 5.41) is 8.12. The summed E-state index contributed by atoms with van der Waals surface area (Å²) in [6, 6.07) is 10.0. The van der Waals surface area contributed by atoms with Gasteiger partial charge in [0.15, 0.2) is 5.58 Å². The summed E-state index contributed by atoms with van der Waals surface area (Å²) in [5.74, 6) is -1.76. The van der Waals surface area contributed by atoms with E-state index in [-0.39, 0.29) is 31.3 Å². The minimum Gasteiger partial charge on any atom is -0.494 e. The number of para-hydroxylation sites is 2. The van der Waals surface area contributed by atoms with Gasteiger partial charge in [-0.25, -0.2) is 4.79 Å². The first kappa shape index (κ1) is 29.9. The van der Waals surface area contributed by atoms with Gasteiger partial charge in [-0.15, -0.1) is 0 Å². The predicted molar refractivity (Wildman–Crippen MR) is 157 cm³/mol. The molecule has 3 heterocycles. The lowest BCUT2D eigenvalue weighted by molar-refractivity contribution is -0.138. The van der Waals surface area contributed by atoms with Crippen molar-refractivity contribution in [3.63, 3.8) is 0 Å². The van der Waals surface area contributed by atoms with Crippen LogP contribution in [-0.2, 0) is 32.3 Å².